The second-order valence-corrected chi connectivity index (χ2v) is 19.1. The second-order valence-electron chi connectivity index (χ2n) is 15.1. The van der Waals surface area contributed by atoms with E-state index in [1.165, 1.54) is 15.9 Å². The van der Waals surface area contributed by atoms with E-state index in [-0.39, 0.29) is 47.6 Å². The van der Waals surface area contributed by atoms with Gasteiger partial charge in [-0.1, -0.05) is 67.3 Å². The van der Waals surface area contributed by atoms with Gasteiger partial charge in [0.1, 0.15) is 44.4 Å². The standard InChI is InChI=1S/C37H44Cl2FN5O9S2/c1-4-36(2,3)54-34(49)41-26-14-9-7-5-6-8-12-22-17-37(22,33(48)43-56(51,52)28-16-29(38)55-30(28)39)42-31(46)27-15-23(19-45(27)32(26)47)53-35(50)44-18-21-11-10-13-25(40)24(21)20-44/h8,10-13,16,22-23,26-27H,4-7,9,14-15,17-20H2,1-3H3,(H,41,49)(H,42,46)(H,43,48)/b12-8-/t22-,23+,26-,27-,37-/m0/s1. The molecule has 14 nitrogen and oxygen atoms in total. The van der Waals surface area contributed by atoms with Gasteiger partial charge in [-0.25, -0.2) is 27.1 Å². The molecule has 56 heavy (non-hydrogen) atoms. The van der Waals surface area contributed by atoms with E-state index >= 15 is 0 Å². The van der Waals surface area contributed by atoms with Crippen molar-refractivity contribution in [2.24, 2.45) is 5.92 Å². The minimum absolute atomic E-state index is 0.0272. The van der Waals surface area contributed by atoms with Crippen LogP contribution < -0.4 is 15.4 Å². The first-order chi connectivity index (χ1) is 26.4. The molecule has 6 rings (SSSR count). The third-order valence-corrected chi connectivity index (χ3v) is 13.8. The Bertz CT molecular complexity index is 2050. The van der Waals surface area contributed by atoms with E-state index in [4.69, 9.17) is 32.7 Å². The molecule has 0 spiro atoms. The lowest BCUT2D eigenvalue weighted by atomic mass is 10.0. The van der Waals surface area contributed by atoms with E-state index in [0.717, 1.165) is 17.4 Å². The van der Waals surface area contributed by atoms with Crippen molar-refractivity contribution in [3.05, 3.63) is 62.0 Å². The molecule has 0 bridgehead atoms. The summed E-state index contributed by atoms with van der Waals surface area (Å²) in [6.45, 7) is 5.16. The van der Waals surface area contributed by atoms with Crippen LogP contribution in [-0.2, 0) is 47.0 Å². The number of fused-ring (bicyclic) bond motifs is 3. The van der Waals surface area contributed by atoms with Gasteiger partial charge in [-0.15, -0.1) is 11.3 Å². The van der Waals surface area contributed by atoms with Crippen LogP contribution >= 0.6 is 34.5 Å². The fourth-order valence-electron chi connectivity index (χ4n) is 7.16. The zero-order chi connectivity index (χ0) is 40.6. The number of carbonyl (C=O) groups excluding carboxylic acids is 5. The molecule has 0 unspecified atom stereocenters. The monoisotopic (exact) mass is 855 g/mol. The maximum absolute atomic E-state index is 14.5. The van der Waals surface area contributed by atoms with E-state index in [2.05, 4.69) is 10.6 Å². The van der Waals surface area contributed by atoms with E-state index in [1.54, 1.807) is 32.1 Å². The molecule has 3 N–H and O–H groups in total. The highest BCUT2D eigenvalue weighted by Crippen LogP contribution is 2.46. The van der Waals surface area contributed by atoms with Crippen LogP contribution in [-0.4, -0.2) is 84.0 Å². The Morgan fingerprint density at radius 2 is 1.91 bits per heavy atom. The van der Waals surface area contributed by atoms with Crippen molar-refractivity contribution in [1.82, 2.24) is 25.2 Å². The van der Waals surface area contributed by atoms with Gasteiger partial charge in [0.25, 0.3) is 15.9 Å². The van der Waals surface area contributed by atoms with Crippen molar-refractivity contribution in [3.63, 3.8) is 0 Å². The molecular weight excluding hydrogens is 812 g/mol. The predicted molar refractivity (Wildman–Crippen MR) is 205 cm³/mol. The van der Waals surface area contributed by atoms with E-state index in [9.17, 15) is 36.8 Å². The summed E-state index contributed by atoms with van der Waals surface area (Å²) in [6, 6.07) is 3.26. The summed E-state index contributed by atoms with van der Waals surface area (Å²) in [4.78, 5) is 71.3. The number of benzene rings is 1. The van der Waals surface area contributed by atoms with Crippen LogP contribution in [0.4, 0.5) is 14.0 Å². The van der Waals surface area contributed by atoms with Crippen molar-refractivity contribution in [2.75, 3.05) is 6.54 Å². The number of nitrogens with zero attached hydrogens (tertiary/aromatic N) is 2. The van der Waals surface area contributed by atoms with Gasteiger partial charge in [-0.05, 0) is 63.6 Å². The quantitative estimate of drug-likeness (QED) is 0.290. The number of alkyl carbamates (subject to hydrolysis) is 1. The topological polar surface area (TPSA) is 181 Å². The van der Waals surface area contributed by atoms with Gasteiger partial charge in [-0.2, -0.15) is 0 Å². The fraction of sp³-hybridized carbons (Fsp3) is 0.541. The zero-order valence-electron chi connectivity index (χ0n) is 31.1. The molecule has 1 aliphatic carbocycles. The molecular formula is C37H44Cl2FN5O9S2. The van der Waals surface area contributed by atoms with Crippen LogP contribution in [0.15, 0.2) is 41.3 Å². The van der Waals surface area contributed by atoms with Crippen molar-refractivity contribution < 1.29 is 46.3 Å². The van der Waals surface area contributed by atoms with Crippen LogP contribution in [0, 0.1) is 11.7 Å². The van der Waals surface area contributed by atoms with Crippen LogP contribution in [0.3, 0.4) is 0 Å². The minimum atomic E-state index is -4.51. The third kappa shape index (κ3) is 9.11. The molecule has 5 atom stereocenters. The van der Waals surface area contributed by atoms with Crippen LogP contribution in [0.5, 0.6) is 0 Å². The third-order valence-electron chi connectivity index (χ3n) is 10.8. The van der Waals surface area contributed by atoms with E-state index in [1.807, 2.05) is 17.7 Å². The average Bonchev–Trinajstić information content (AvgIpc) is 3.43. The molecule has 2 fully saturated rings. The highest BCUT2D eigenvalue weighted by molar-refractivity contribution is 7.90. The molecule has 4 heterocycles. The molecule has 1 aromatic heterocycles. The van der Waals surface area contributed by atoms with Gasteiger partial charge in [0.15, 0.2) is 0 Å². The second kappa shape index (κ2) is 16.5. The number of ether oxygens (including phenoxy) is 2. The Morgan fingerprint density at radius 3 is 2.61 bits per heavy atom. The summed E-state index contributed by atoms with van der Waals surface area (Å²) in [5, 5.41) is 5.43. The Labute approximate surface area is 338 Å². The maximum atomic E-state index is 14.5. The Morgan fingerprint density at radius 1 is 1.14 bits per heavy atom. The van der Waals surface area contributed by atoms with Crippen molar-refractivity contribution in [2.45, 2.75) is 119 Å². The van der Waals surface area contributed by atoms with Crippen molar-refractivity contribution >= 4 is 74.5 Å². The predicted octanol–water partition coefficient (Wildman–Crippen LogP) is 5.80. The number of thiophene rings is 1. The van der Waals surface area contributed by atoms with Gasteiger partial charge in [0.05, 0.1) is 17.4 Å². The summed E-state index contributed by atoms with van der Waals surface area (Å²) in [7, 11) is -4.51. The summed E-state index contributed by atoms with van der Waals surface area (Å²) >= 11 is 12.9. The lowest BCUT2D eigenvalue weighted by molar-refractivity contribution is -0.141. The molecule has 19 heteroatoms. The molecule has 304 valence electrons. The van der Waals surface area contributed by atoms with E-state index in [0.29, 0.717) is 43.2 Å². The number of amides is 5. The lowest BCUT2D eigenvalue weighted by Gasteiger charge is -2.30. The smallest absolute Gasteiger partial charge is 0.410 e. The van der Waals surface area contributed by atoms with Crippen LogP contribution in [0.25, 0.3) is 0 Å². The largest absolute Gasteiger partial charge is 0.444 e. The summed E-state index contributed by atoms with van der Waals surface area (Å²) in [6.07, 6.45) is 4.17. The molecule has 1 saturated heterocycles. The number of carbonyl (C=O) groups is 5. The first-order valence-corrected chi connectivity index (χ1v) is 21.5. The first-order valence-electron chi connectivity index (χ1n) is 18.5. The van der Waals surface area contributed by atoms with Crippen molar-refractivity contribution in [1.29, 1.82) is 0 Å². The molecule has 5 amide bonds. The van der Waals surface area contributed by atoms with Crippen molar-refractivity contribution in [3.8, 4) is 0 Å². The molecule has 1 saturated carbocycles. The number of sulfonamides is 1. The number of hydrogen-bond acceptors (Lipinski definition) is 10. The zero-order valence-corrected chi connectivity index (χ0v) is 34.2. The number of rotatable bonds is 7. The highest BCUT2D eigenvalue weighted by Gasteiger charge is 2.62. The first kappa shape index (κ1) is 41.7. The Hall–Kier alpha value is -3.93. The normalized spacial score (nSPS) is 26.1. The number of halogens is 3. The van der Waals surface area contributed by atoms with Gasteiger partial charge in [-0.3, -0.25) is 19.3 Å². The van der Waals surface area contributed by atoms with Crippen LogP contribution in [0.1, 0.15) is 83.3 Å². The SMILES string of the molecule is CCC(C)(C)OC(=O)N[C@H]1CCCCC/C=C\[C@H]2C[C@]2(C(=O)NS(=O)(=O)c2cc(Cl)sc2Cl)NC(=O)[C@@H]2C[C@@H](OC(=O)N3Cc4cccc(F)c4C3)CN2C1=O. The summed E-state index contributed by atoms with van der Waals surface area (Å²) in [5.41, 5.74) is -1.54. The maximum Gasteiger partial charge on any atom is 0.410 e. The minimum Gasteiger partial charge on any atom is -0.444 e. The Kier molecular flexibility index (Phi) is 12.3. The molecule has 4 aliphatic rings. The van der Waals surface area contributed by atoms with Gasteiger partial charge < -0.3 is 25.0 Å². The molecule has 3 aliphatic heterocycles. The number of nitrogens with one attached hydrogen (secondary N) is 3. The molecule has 1 aromatic carbocycles. The molecule has 0 radical (unpaired) electrons. The molecule has 2 aromatic rings. The average molecular weight is 857 g/mol. The van der Waals surface area contributed by atoms with Gasteiger partial charge >= 0.3 is 12.2 Å². The van der Waals surface area contributed by atoms with Gasteiger partial charge in [0.2, 0.25) is 11.8 Å². The highest BCUT2D eigenvalue weighted by atomic mass is 35.5. The van der Waals surface area contributed by atoms with E-state index < -0.39 is 85.9 Å². The number of allylic oxidation sites excluding steroid dienone is 1. The Balaban J connectivity index is 1.27. The summed E-state index contributed by atoms with van der Waals surface area (Å²) < 4.78 is 54.4. The van der Waals surface area contributed by atoms with Gasteiger partial charge in [0, 0.05) is 24.4 Å². The summed E-state index contributed by atoms with van der Waals surface area (Å²) in [5.74, 6) is -3.47. The fourth-order valence-corrected chi connectivity index (χ4v) is 10.4. The number of hydrogen-bond donors (Lipinski definition) is 3. The van der Waals surface area contributed by atoms with Crippen LogP contribution in [0.2, 0.25) is 8.67 Å². The lowest BCUT2D eigenvalue weighted by Crippen LogP contribution is -2.58.